The second-order valence-electron chi connectivity index (χ2n) is 6.45. The average molecular weight is 282 g/mol. The minimum Gasteiger partial charge on any atom is -0.481 e. The first-order chi connectivity index (χ1) is 9.40. The minimum absolute atomic E-state index is 0.0271. The van der Waals surface area contributed by atoms with E-state index in [0.717, 1.165) is 19.3 Å². The van der Waals surface area contributed by atoms with Crippen molar-refractivity contribution in [1.82, 2.24) is 10.2 Å². The van der Waals surface area contributed by atoms with Crippen LogP contribution in [0.5, 0.6) is 0 Å². The van der Waals surface area contributed by atoms with E-state index in [2.05, 4.69) is 24.1 Å². The van der Waals surface area contributed by atoms with E-state index < -0.39 is 5.97 Å². The van der Waals surface area contributed by atoms with Crippen molar-refractivity contribution in [3.05, 3.63) is 0 Å². The Bertz CT molecular complexity index is 375. The first-order valence-corrected chi connectivity index (χ1v) is 7.70. The Morgan fingerprint density at radius 3 is 2.25 bits per heavy atom. The quantitative estimate of drug-likeness (QED) is 0.822. The standard InChI is InChI=1S/C15H26N2O3/c1-9-4-5-10(2)17(9)11(3)14(18)16-13-7-6-12(8-13)15(19)20/h9-13H,4-8H2,1-3H3,(H,16,18)(H,19,20). The summed E-state index contributed by atoms with van der Waals surface area (Å²) >= 11 is 0. The van der Waals surface area contributed by atoms with Crippen molar-refractivity contribution >= 4 is 11.9 Å². The summed E-state index contributed by atoms with van der Waals surface area (Å²) in [7, 11) is 0. The number of aliphatic carboxylic acids is 1. The van der Waals surface area contributed by atoms with Crippen LogP contribution in [0.1, 0.15) is 52.9 Å². The number of amides is 1. The van der Waals surface area contributed by atoms with E-state index >= 15 is 0 Å². The summed E-state index contributed by atoms with van der Waals surface area (Å²) in [6.07, 6.45) is 4.30. The molecule has 0 aromatic carbocycles. The van der Waals surface area contributed by atoms with Gasteiger partial charge in [-0.15, -0.1) is 0 Å². The predicted octanol–water partition coefficient (Wildman–Crippen LogP) is 1.62. The normalized spacial score (nSPS) is 36.0. The molecule has 5 atom stereocenters. The summed E-state index contributed by atoms with van der Waals surface area (Å²) in [5, 5.41) is 12.0. The van der Waals surface area contributed by atoms with Crippen LogP contribution in [0.15, 0.2) is 0 Å². The zero-order valence-corrected chi connectivity index (χ0v) is 12.6. The molecule has 0 aromatic rings. The zero-order chi connectivity index (χ0) is 14.9. The van der Waals surface area contributed by atoms with E-state index in [9.17, 15) is 9.59 Å². The number of carbonyl (C=O) groups is 2. The predicted molar refractivity (Wildman–Crippen MR) is 76.4 cm³/mol. The molecule has 2 rings (SSSR count). The first kappa shape index (κ1) is 15.3. The molecule has 1 aliphatic carbocycles. The Hall–Kier alpha value is -1.10. The van der Waals surface area contributed by atoms with Gasteiger partial charge in [0.15, 0.2) is 0 Å². The topological polar surface area (TPSA) is 69.6 Å². The van der Waals surface area contributed by atoms with Crippen LogP contribution in [-0.2, 0) is 9.59 Å². The van der Waals surface area contributed by atoms with Gasteiger partial charge in [0.05, 0.1) is 12.0 Å². The van der Waals surface area contributed by atoms with Crippen LogP contribution in [0.3, 0.4) is 0 Å². The van der Waals surface area contributed by atoms with Crippen LogP contribution in [0, 0.1) is 5.92 Å². The molecule has 1 saturated heterocycles. The van der Waals surface area contributed by atoms with Crippen LogP contribution < -0.4 is 5.32 Å². The molecule has 2 N–H and O–H groups in total. The summed E-state index contributed by atoms with van der Waals surface area (Å²) < 4.78 is 0. The Morgan fingerprint density at radius 2 is 1.75 bits per heavy atom. The van der Waals surface area contributed by atoms with Gasteiger partial charge in [-0.05, 0) is 52.9 Å². The molecule has 2 fully saturated rings. The third-order valence-corrected chi connectivity index (χ3v) is 4.98. The van der Waals surface area contributed by atoms with Crippen LogP contribution in [0.2, 0.25) is 0 Å². The number of carboxylic acids is 1. The first-order valence-electron chi connectivity index (χ1n) is 7.70. The molecule has 0 bridgehead atoms. The molecule has 0 spiro atoms. The Balaban J connectivity index is 1.87. The monoisotopic (exact) mass is 282 g/mol. The highest BCUT2D eigenvalue weighted by Gasteiger charge is 2.36. The van der Waals surface area contributed by atoms with Gasteiger partial charge in [-0.2, -0.15) is 0 Å². The molecule has 20 heavy (non-hydrogen) atoms. The molecular formula is C15H26N2O3. The van der Waals surface area contributed by atoms with Crippen molar-refractivity contribution in [3.8, 4) is 0 Å². The van der Waals surface area contributed by atoms with Crippen molar-refractivity contribution in [2.75, 3.05) is 0 Å². The van der Waals surface area contributed by atoms with Gasteiger partial charge >= 0.3 is 5.97 Å². The molecule has 5 nitrogen and oxygen atoms in total. The fraction of sp³-hybridized carbons (Fsp3) is 0.867. The number of carboxylic acid groups (broad SMARTS) is 1. The van der Waals surface area contributed by atoms with Crippen LogP contribution in [0.25, 0.3) is 0 Å². The maximum absolute atomic E-state index is 12.4. The fourth-order valence-electron chi connectivity index (χ4n) is 3.77. The second-order valence-corrected chi connectivity index (χ2v) is 6.45. The SMILES string of the molecule is CC1CCC(C)N1C(C)C(=O)NC1CCC(C(=O)O)C1. The molecule has 2 aliphatic rings. The van der Waals surface area contributed by atoms with Crippen molar-refractivity contribution in [2.45, 2.75) is 77.0 Å². The van der Waals surface area contributed by atoms with E-state index in [-0.39, 0.29) is 23.9 Å². The molecule has 0 radical (unpaired) electrons. The Labute approximate surface area is 120 Å². The van der Waals surface area contributed by atoms with Gasteiger partial charge in [0.1, 0.15) is 0 Å². The number of nitrogens with one attached hydrogen (secondary N) is 1. The fourth-order valence-corrected chi connectivity index (χ4v) is 3.77. The Morgan fingerprint density at radius 1 is 1.15 bits per heavy atom. The molecular weight excluding hydrogens is 256 g/mol. The van der Waals surface area contributed by atoms with E-state index in [1.54, 1.807) is 0 Å². The lowest BCUT2D eigenvalue weighted by Gasteiger charge is -2.32. The third kappa shape index (κ3) is 3.14. The third-order valence-electron chi connectivity index (χ3n) is 4.98. The summed E-state index contributed by atoms with van der Waals surface area (Å²) in [6, 6.07) is 0.785. The van der Waals surface area contributed by atoms with Crippen LogP contribution >= 0.6 is 0 Å². The number of rotatable bonds is 4. The lowest BCUT2D eigenvalue weighted by Crippen LogP contribution is -2.51. The van der Waals surface area contributed by atoms with Crippen molar-refractivity contribution < 1.29 is 14.7 Å². The van der Waals surface area contributed by atoms with Crippen molar-refractivity contribution in [1.29, 1.82) is 0 Å². The number of carbonyl (C=O) groups excluding carboxylic acids is 1. The van der Waals surface area contributed by atoms with Crippen molar-refractivity contribution in [2.24, 2.45) is 5.92 Å². The average Bonchev–Trinajstić information content (AvgIpc) is 2.96. The van der Waals surface area contributed by atoms with Gasteiger partial charge in [-0.25, -0.2) is 0 Å². The molecule has 1 aliphatic heterocycles. The minimum atomic E-state index is -0.739. The maximum Gasteiger partial charge on any atom is 0.306 e. The molecule has 1 amide bonds. The lowest BCUT2D eigenvalue weighted by molar-refractivity contribution is -0.141. The molecule has 1 saturated carbocycles. The highest BCUT2D eigenvalue weighted by atomic mass is 16.4. The van der Waals surface area contributed by atoms with Gasteiger partial charge in [-0.1, -0.05) is 0 Å². The molecule has 5 heteroatoms. The highest BCUT2D eigenvalue weighted by Crippen LogP contribution is 2.28. The van der Waals surface area contributed by atoms with E-state index in [4.69, 9.17) is 5.11 Å². The summed E-state index contributed by atoms with van der Waals surface area (Å²) in [5.41, 5.74) is 0. The zero-order valence-electron chi connectivity index (χ0n) is 12.6. The Kier molecular flexibility index (Phi) is 4.68. The second kappa shape index (κ2) is 6.12. The van der Waals surface area contributed by atoms with Gasteiger partial charge in [0, 0.05) is 18.1 Å². The van der Waals surface area contributed by atoms with Crippen LogP contribution in [-0.4, -0.2) is 46.1 Å². The van der Waals surface area contributed by atoms with E-state index in [0.29, 0.717) is 24.9 Å². The van der Waals surface area contributed by atoms with Gasteiger partial charge in [0.2, 0.25) is 5.91 Å². The lowest BCUT2D eigenvalue weighted by atomic mass is 10.1. The smallest absolute Gasteiger partial charge is 0.306 e. The molecule has 0 aromatic heterocycles. The van der Waals surface area contributed by atoms with Gasteiger partial charge in [-0.3, -0.25) is 14.5 Å². The molecule has 1 heterocycles. The maximum atomic E-state index is 12.4. The van der Waals surface area contributed by atoms with Gasteiger partial charge < -0.3 is 10.4 Å². The number of hydrogen-bond donors (Lipinski definition) is 2. The van der Waals surface area contributed by atoms with Crippen LogP contribution in [0.4, 0.5) is 0 Å². The number of nitrogens with zero attached hydrogens (tertiary/aromatic N) is 1. The van der Waals surface area contributed by atoms with E-state index in [1.165, 1.54) is 0 Å². The van der Waals surface area contributed by atoms with Gasteiger partial charge in [0.25, 0.3) is 0 Å². The summed E-state index contributed by atoms with van der Waals surface area (Å²) in [4.78, 5) is 25.6. The number of likely N-dealkylation sites (tertiary alicyclic amines) is 1. The number of hydrogen-bond acceptors (Lipinski definition) is 3. The largest absolute Gasteiger partial charge is 0.481 e. The highest BCUT2D eigenvalue weighted by molar-refractivity contribution is 5.82. The molecule has 114 valence electrons. The summed E-state index contributed by atoms with van der Waals surface area (Å²) in [6.45, 7) is 6.30. The van der Waals surface area contributed by atoms with E-state index in [1.807, 2.05) is 6.92 Å². The van der Waals surface area contributed by atoms with Crippen molar-refractivity contribution in [3.63, 3.8) is 0 Å². The molecule has 5 unspecified atom stereocenters. The summed E-state index contributed by atoms with van der Waals surface area (Å²) in [5.74, 6) is -0.988.